The molecule has 0 spiro atoms. The zero-order valence-electron chi connectivity index (χ0n) is 15.3. The molecule has 0 aliphatic carbocycles. The van der Waals surface area contributed by atoms with Gasteiger partial charge in [-0.05, 0) is 42.8 Å². The summed E-state index contributed by atoms with van der Waals surface area (Å²) in [6.45, 7) is 2.34. The quantitative estimate of drug-likeness (QED) is 0.501. The number of carbonyl (C=O) groups excluding carboxylic acids is 2. The van der Waals surface area contributed by atoms with Gasteiger partial charge in [0.05, 0.1) is 19.9 Å². The lowest BCUT2D eigenvalue weighted by atomic mass is 10.1. The van der Waals surface area contributed by atoms with Crippen LogP contribution in [0.5, 0.6) is 17.2 Å². The third-order valence-corrected chi connectivity index (χ3v) is 3.76. The number of aliphatic hydroxyl groups is 1. The summed E-state index contributed by atoms with van der Waals surface area (Å²) in [4.78, 5) is 23.3. The van der Waals surface area contributed by atoms with Gasteiger partial charge in [-0.25, -0.2) is 4.79 Å². The smallest absolute Gasteiger partial charge is 0.339 e. The minimum Gasteiger partial charge on any atom is -0.493 e. The van der Waals surface area contributed by atoms with Crippen molar-refractivity contribution < 1.29 is 28.9 Å². The van der Waals surface area contributed by atoms with Gasteiger partial charge in [0.1, 0.15) is 0 Å². The SMILES string of the molecule is CCNC(=O)c1ccc(Oc2ccc(C(O)C(=O)OC)cc2OC)c(N)c1. The first-order valence-electron chi connectivity index (χ1n) is 8.20. The van der Waals surface area contributed by atoms with E-state index >= 15 is 0 Å². The highest BCUT2D eigenvalue weighted by Crippen LogP contribution is 2.36. The largest absolute Gasteiger partial charge is 0.493 e. The zero-order chi connectivity index (χ0) is 20.0. The van der Waals surface area contributed by atoms with Gasteiger partial charge in [0.15, 0.2) is 23.4 Å². The summed E-state index contributed by atoms with van der Waals surface area (Å²) in [5.74, 6) is -0.0496. The molecule has 2 aromatic rings. The number of hydrogen-bond donors (Lipinski definition) is 3. The van der Waals surface area contributed by atoms with Gasteiger partial charge in [-0.3, -0.25) is 4.79 Å². The topological polar surface area (TPSA) is 120 Å². The van der Waals surface area contributed by atoms with E-state index in [-0.39, 0.29) is 11.6 Å². The van der Waals surface area contributed by atoms with Crippen molar-refractivity contribution in [2.75, 3.05) is 26.5 Å². The third kappa shape index (κ3) is 4.68. The van der Waals surface area contributed by atoms with E-state index in [0.717, 1.165) is 0 Å². The Kier molecular flexibility index (Phi) is 6.62. The molecule has 0 saturated heterocycles. The van der Waals surface area contributed by atoms with Gasteiger partial charge in [-0.15, -0.1) is 0 Å². The van der Waals surface area contributed by atoms with Crippen LogP contribution in [0.3, 0.4) is 0 Å². The van der Waals surface area contributed by atoms with Crippen molar-refractivity contribution in [1.29, 1.82) is 0 Å². The molecule has 0 aliphatic heterocycles. The van der Waals surface area contributed by atoms with Crippen molar-refractivity contribution in [3.05, 3.63) is 47.5 Å². The van der Waals surface area contributed by atoms with Gasteiger partial charge < -0.3 is 30.4 Å². The molecule has 1 amide bonds. The average molecular weight is 374 g/mol. The lowest BCUT2D eigenvalue weighted by molar-refractivity contribution is -0.150. The van der Waals surface area contributed by atoms with Gasteiger partial charge in [0, 0.05) is 12.1 Å². The lowest BCUT2D eigenvalue weighted by Crippen LogP contribution is -2.22. The van der Waals surface area contributed by atoms with Gasteiger partial charge in [0.25, 0.3) is 5.91 Å². The Bertz CT molecular complexity index is 837. The van der Waals surface area contributed by atoms with Gasteiger partial charge >= 0.3 is 5.97 Å². The van der Waals surface area contributed by atoms with Crippen LogP contribution in [0.2, 0.25) is 0 Å². The number of nitrogen functional groups attached to an aromatic ring is 1. The number of esters is 1. The number of hydrogen-bond acceptors (Lipinski definition) is 7. The standard InChI is InChI=1S/C19H22N2O6/c1-4-21-18(23)12-6-7-14(13(20)9-12)27-15-8-5-11(10-16(15)25-2)17(22)19(24)26-3/h5-10,17,22H,4,20H2,1-3H3,(H,21,23). The second-order valence-corrected chi connectivity index (χ2v) is 5.55. The van der Waals surface area contributed by atoms with Crippen molar-refractivity contribution in [3.63, 3.8) is 0 Å². The molecule has 144 valence electrons. The maximum atomic E-state index is 11.9. The molecule has 2 rings (SSSR count). The van der Waals surface area contributed by atoms with Gasteiger partial charge in [-0.1, -0.05) is 6.07 Å². The number of rotatable bonds is 7. The van der Waals surface area contributed by atoms with E-state index in [1.165, 1.54) is 38.5 Å². The highest BCUT2D eigenvalue weighted by Gasteiger charge is 2.20. The van der Waals surface area contributed by atoms with Crippen molar-refractivity contribution >= 4 is 17.6 Å². The predicted octanol–water partition coefficient (Wildman–Crippen LogP) is 2.03. The Hall–Kier alpha value is -3.26. The maximum absolute atomic E-state index is 11.9. The Morgan fingerprint density at radius 3 is 2.41 bits per heavy atom. The van der Waals surface area contributed by atoms with Crippen LogP contribution in [0.15, 0.2) is 36.4 Å². The Balaban J connectivity index is 2.26. The van der Waals surface area contributed by atoms with Crippen LogP contribution >= 0.6 is 0 Å². The summed E-state index contributed by atoms with van der Waals surface area (Å²) < 4.78 is 15.5. The molecule has 0 aliphatic rings. The molecule has 2 aromatic carbocycles. The molecular formula is C19H22N2O6. The lowest BCUT2D eigenvalue weighted by Gasteiger charge is -2.15. The van der Waals surface area contributed by atoms with Crippen LogP contribution in [0.1, 0.15) is 28.9 Å². The molecule has 0 radical (unpaired) electrons. The fourth-order valence-electron chi connectivity index (χ4n) is 2.35. The zero-order valence-corrected chi connectivity index (χ0v) is 15.3. The first kappa shape index (κ1) is 20.1. The summed E-state index contributed by atoms with van der Waals surface area (Å²) in [5, 5.41) is 12.6. The minimum absolute atomic E-state index is 0.227. The van der Waals surface area contributed by atoms with E-state index in [4.69, 9.17) is 15.2 Å². The molecule has 1 unspecified atom stereocenters. The Morgan fingerprint density at radius 2 is 1.81 bits per heavy atom. The Morgan fingerprint density at radius 1 is 1.11 bits per heavy atom. The number of nitrogens with two attached hydrogens (primary N) is 1. The van der Waals surface area contributed by atoms with Crippen LogP contribution in [-0.2, 0) is 9.53 Å². The summed E-state index contributed by atoms with van der Waals surface area (Å²) in [7, 11) is 2.62. The van der Waals surface area contributed by atoms with E-state index in [0.29, 0.717) is 34.9 Å². The van der Waals surface area contributed by atoms with Crippen LogP contribution in [0.25, 0.3) is 0 Å². The fraction of sp³-hybridized carbons (Fsp3) is 0.263. The van der Waals surface area contributed by atoms with Crippen LogP contribution in [0, 0.1) is 0 Å². The first-order valence-corrected chi connectivity index (χ1v) is 8.20. The van der Waals surface area contributed by atoms with Crippen LogP contribution in [-0.4, -0.2) is 37.7 Å². The van der Waals surface area contributed by atoms with E-state index in [1.807, 2.05) is 6.92 Å². The second-order valence-electron chi connectivity index (χ2n) is 5.55. The number of methoxy groups -OCH3 is 2. The van der Waals surface area contributed by atoms with E-state index < -0.39 is 12.1 Å². The normalized spacial score (nSPS) is 11.4. The number of ether oxygens (including phenoxy) is 3. The molecule has 0 heterocycles. The van der Waals surface area contributed by atoms with Gasteiger partial charge in [-0.2, -0.15) is 0 Å². The molecule has 8 nitrogen and oxygen atoms in total. The first-order chi connectivity index (χ1) is 12.9. The highest BCUT2D eigenvalue weighted by atomic mass is 16.5. The number of carbonyl (C=O) groups is 2. The van der Waals surface area contributed by atoms with Crippen molar-refractivity contribution in [3.8, 4) is 17.2 Å². The highest BCUT2D eigenvalue weighted by molar-refractivity contribution is 5.95. The van der Waals surface area contributed by atoms with Crippen molar-refractivity contribution in [1.82, 2.24) is 5.32 Å². The fourth-order valence-corrected chi connectivity index (χ4v) is 2.35. The van der Waals surface area contributed by atoms with E-state index in [1.54, 1.807) is 12.1 Å². The number of anilines is 1. The Labute approximate surface area is 156 Å². The van der Waals surface area contributed by atoms with Crippen molar-refractivity contribution in [2.45, 2.75) is 13.0 Å². The minimum atomic E-state index is -1.43. The third-order valence-electron chi connectivity index (χ3n) is 3.76. The number of benzene rings is 2. The van der Waals surface area contributed by atoms with E-state index in [2.05, 4.69) is 10.1 Å². The molecule has 0 bridgehead atoms. The molecular weight excluding hydrogens is 352 g/mol. The monoisotopic (exact) mass is 374 g/mol. The summed E-state index contributed by atoms with van der Waals surface area (Å²) in [5.41, 5.74) is 6.98. The summed E-state index contributed by atoms with van der Waals surface area (Å²) in [6.07, 6.45) is -1.43. The summed E-state index contributed by atoms with van der Waals surface area (Å²) >= 11 is 0. The number of amides is 1. The van der Waals surface area contributed by atoms with Gasteiger partial charge in [0.2, 0.25) is 0 Å². The molecule has 4 N–H and O–H groups in total. The van der Waals surface area contributed by atoms with Crippen LogP contribution in [0.4, 0.5) is 5.69 Å². The molecule has 0 aromatic heterocycles. The predicted molar refractivity (Wildman–Crippen MR) is 98.9 cm³/mol. The number of nitrogens with one attached hydrogen (secondary N) is 1. The maximum Gasteiger partial charge on any atom is 0.339 e. The second kappa shape index (κ2) is 8.91. The molecule has 27 heavy (non-hydrogen) atoms. The van der Waals surface area contributed by atoms with Crippen LogP contribution < -0.4 is 20.5 Å². The summed E-state index contributed by atoms with van der Waals surface area (Å²) in [6, 6.07) is 9.21. The molecule has 0 fully saturated rings. The molecule has 8 heteroatoms. The average Bonchev–Trinajstić information content (AvgIpc) is 2.68. The van der Waals surface area contributed by atoms with E-state index in [9.17, 15) is 14.7 Å². The molecule has 0 saturated carbocycles. The number of aliphatic hydroxyl groups excluding tert-OH is 1. The van der Waals surface area contributed by atoms with Crippen molar-refractivity contribution in [2.24, 2.45) is 0 Å². The molecule has 1 atom stereocenters.